The van der Waals surface area contributed by atoms with Crippen LogP contribution in [0.4, 0.5) is 5.69 Å². The molecule has 3 heterocycles. The van der Waals surface area contributed by atoms with Crippen LogP contribution in [0.5, 0.6) is 0 Å². The lowest BCUT2D eigenvalue weighted by Gasteiger charge is -2.10. The van der Waals surface area contributed by atoms with E-state index in [0.717, 1.165) is 38.8 Å². The van der Waals surface area contributed by atoms with E-state index >= 15 is 0 Å². The molecule has 0 aliphatic carbocycles. The average Bonchev–Trinajstić information content (AvgIpc) is 3.49. The van der Waals surface area contributed by atoms with Crippen molar-refractivity contribution in [3.05, 3.63) is 112 Å². The molecule has 0 atom stereocenters. The van der Waals surface area contributed by atoms with Crippen LogP contribution >= 0.6 is 0 Å². The topological polar surface area (TPSA) is 66.9 Å². The fraction of sp³-hybridized carbons (Fsp3) is 0.0345. The van der Waals surface area contributed by atoms with Crippen molar-refractivity contribution in [2.75, 3.05) is 5.32 Å². The highest BCUT2D eigenvalue weighted by atomic mass is 16.2. The lowest BCUT2D eigenvalue weighted by molar-refractivity contribution is -0.110. The zero-order valence-corrected chi connectivity index (χ0v) is 18.1. The first-order valence-electron chi connectivity index (χ1n) is 11.0. The molecule has 6 rings (SSSR count). The van der Waals surface area contributed by atoms with Crippen molar-refractivity contribution in [2.24, 2.45) is 0 Å². The molecule has 34 heavy (non-hydrogen) atoms. The molecule has 0 spiro atoms. The van der Waals surface area contributed by atoms with Gasteiger partial charge in [-0.1, -0.05) is 54.3 Å². The Balaban J connectivity index is 1.45. The van der Waals surface area contributed by atoms with Crippen LogP contribution in [-0.4, -0.2) is 15.5 Å². The molecule has 0 radical (unpaired) electrons. The maximum Gasteiger partial charge on any atom is 0.259 e. The van der Waals surface area contributed by atoms with Crippen LogP contribution in [0.15, 0.2) is 89.9 Å². The summed E-state index contributed by atoms with van der Waals surface area (Å²) in [6, 6.07) is 25.0. The molecule has 5 heteroatoms. The second kappa shape index (κ2) is 7.95. The first-order valence-corrected chi connectivity index (χ1v) is 11.0. The number of pyridine rings is 1. The molecule has 1 aliphatic rings. The van der Waals surface area contributed by atoms with Crippen molar-refractivity contribution < 1.29 is 4.79 Å². The van der Waals surface area contributed by atoms with Crippen LogP contribution in [-0.2, 0) is 11.3 Å². The first-order chi connectivity index (χ1) is 16.7. The van der Waals surface area contributed by atoms with E-state index in [4.69, 9.17) is 0 Å². The Hall–Kier alpha value is -4.82. The van der Waals surface area contributed by atoms with E-state index < -0.39 is 0 Å². The van der Waals surface area contributed by atoms with Gasteiger partial charge in [-0.15, -0.1) is 0 Å². The van der Waals surface area contributed by atoms with Crippen LogP contribution < -0.4 is 10.9 Å². The number of amides is 1. The first kappa shape index (κ1) is 19.8. The maximum absolute atomic E-state index is 13.3. The summed E-state index contributed by atoms with van der Waals surface area (Å²) in [4.78, 5) is 29.0. The van der Waals surface area contributed by atoms with Crippen molar-refractivity contribution in [1.82, 2.24) is 9.55 Å². The summed E-state index contributed by atoms with van der Waals surface area (Å²) in [7, 11) is 0. The highest BCUT2D eigenvalue weighted by Gasteiger charge is 2.26. The predicted molar refractivity (Wildman–Crippen MR) is 136 cm³/mol. The van der Waals surface area contributed by atoms with Gasteiger partial charge in [0.15, 0.2) is 0 Å². The van der Waals surface area contributed by atoms with Crippen LogP contribution in [0.3, 0.4) is 0 Å². The van der Waals surface area contributed by atoms with Gasteiger partial charge in [0, 0.05) is 33.8 Å². The van der Waals surface area contributed by atoms with E-state index in [1.807, 2.05) is 91.1 Å². The number of benzene rings is 3. The smallest absolute Gasteiger partial charge is 0.259 e. The van der Waals surface area contributed by atoms with Gasteiger partial charge >= 0.3 is 0 Å². The molecule has 1 amide bonds. The molecular formula is C29H19N3O2. The van der Waals surface area contributed by atoms with E-state index in [-0.39, 0.29) is 18.0 Å². The molecule has 0 saturated carbocycles. The Morgan fingerprint density at radius 3 is 2.44 bits per heavy atom. The number of fused-ring (bicyclic) bond motifs is 4. The van der Waals surface area contributed by atoms with Gasteiger partial charge < -0.3 is 10.3 Å². The monoisotopic (exact) mass is 441 g/mol. The second-order valence-corrected chi connectivity index (χ2v) is 8.12. The molecule has 5 nitrogen and oxygen atoms in total. The molecule has 162 valence electrons. The van der Waals surface area contributed by atoms with Crippen LogP contribution in [0, 0.1) is 11.8 Å². The minimum Gasteiger partial charge on any atom is -0.362 e. The highest BCUT2D eigenvalue weighted by molar-refractivity contribution is 6.35. The van der Waals surface area contributed by atoms with Crippen molar-refractivity contribution in [3.63, 3.8) is 0 Å². The lowest BCUT2D eigenvalue weighted by atomic mass is 10.00. The van der Waals surface area contributed by atoms with Gasteiger partial charge in [-0.05, 0) is 47.9 Å². The van der Waals surface area contributed by atoms with E-state index in [2.05, 4.69) is 22.1 Å². The number of aromatic nitrogens is 2. The van der Waals surface area contributed by atoms with Gasteiger partial charge in [0.25, 0.3) is 11.5 Å². The fourth-order valence-electron chi connectivity index (χ4n) is 4.55. The summed E-state index contributed by atoms with van der Waals surface area (Å²) in [5.74, 6) is 6.23. The number of aromatic amines is 1. The van der Waals surface area contributed by atoms with Crippen LogP contribution in [0.2, 0.25) is 0 Å². The SMILES string of the molecule is O=C1Nc2cccc(C#CCn3c(=O)c4ccccc4c4ccccc43)c2/C1=C/c1ccc[nH]1. The maximum atomic E-state index is 13.3. The molecule has 0 fully saturated rings. The summed E-state index contributed by atoms with van der Waals surface area (Å²) in [5, 5.41) is 5.55. The minimum atomic E-state index is -0.157. The molecule has 3 aromatic carbocycles. The third-order valence-electron chi connectivity index (χ3n) is 6.10. The summed E-state index contributed by atoms with van der Waals surface area (Å²) in [6.07, 6.45) is 3.64. The summed E-state index contributed by atoms with van der Waals surface area (Å²) < 4.78 is 1.72. The number of carbonyl (C=O) groups excluding carboxylic acids is 1. The standard InChI is InChI=1S/C29H19N3O2/c33-28-24(18-20-10-6-16-30-20)27-19(8-5-14-25(27)31-28)9-7-17-32-26-15-4-3-12-22(26)21-11-1-2-13-23(21)29(32)34/h1-6,8,10-16,18,30H,17H2,(H,31,33)/b24-18-. The zero-order chi connectivity index (χ0) is 23.1. The Labute approximate surface area is 195 Å². The van der Waals surface area contributed by atoms with E-state index in [1.165, 1.54) is 0 Å². The number of anilines is 1. The van der Waals surface area contributed by atoms with Gasteiger partial charge in [-0.25, -0.2) is 0 Å². The molecule has 0 unspecified atom stereocenters. The molecule has 0 bridgehead atoms. The number of hydrogen-bond donors (Lipinski definition) is 2. The van der Waals surface area contributed by atoms with Gasteiger partial charge in [0.1, 0.15) is 0 Å². The van der Waals surface area contributed by atoms with Crippen LogP contribution in [0.25, 0.3) is 33.3 Å². The molecule has 0 saturated heterocycles. The molecule has 5 aromatic rings. The number of rotatable bonds is 2. The molecule has 2 aromatic heterocycles. The molecule has 2 N–H and O–H groups in total. The Bertz CT molecular complexity index is 1750. The number of nitrogens with one attached hydrogen (secondary N) is 2. The minimum absolute atomic E-state index is 0.0638. The largest absolute Gasteiger partial charge is 0.362 e. The van der Waals surface area contributed by atoms with Gasteiger partial charge in [0.05, 0.1) is 23.3 Å². The molecular weight excluding hydrogens is 422 g/mol. The quantitative estimate of drug-likeness (QED) is 0.229. The van der Waals surface area contributed by atoms with E-state index in [9.17, 15) is 9.59 Å². The highest BCUT2D eigenvalue weighted by Crippen LogP contribution is 2.35. The number of H-pyrrole nitrogens is 1. The van der Waals surface area contributed by atoms with Crippen molar-refractivity contribution >= 4 is 44.9 Å². The Morgan fingerprint density at radius 2 is 1.62 bits per heavy atom. The Morgan fingerprint density at radius 1 is 0.824 bits per heavy atom. The predicted octanol–water partition coefficient (Wildman–Crippen LogP) is 5.03. The van der Waals surface area contributed by atoms with Gasteiger partial charge in [-0.2, -0.15) is 0 Å². The van der Waals surface area contributed by atoms with Crippen molar-refractivity contribution in [1.29, 1.82) is 0 Å². The fourth-order valence-corrected chi connectivity index (χ4v) is 4.55. The average molecular weight is 441 g/mol. The summed E-state index contributed by atoms with van der Waals surface area (Å²) in [5.41, 5.74) is 4.46. The number of hydrogen-bond acceptors (Lipinski definition) is 2. The number of nitrogens with zero attached hydrogens (tertiary/aromatic N) is 1. The van der Waals surface area contributed by atoms with Gasteiger partial charge in [-0.3, -0.25) is 14.2 Å². The normalized spacial score (nSPS) is 13.6. The third-order valence-corrected chi connectivity index (χ3v) is 6.10. The Kier molecular flexibility index (Phi) is 4.64. The lowest BCUT2D eigenvalue weighted by Crippen LogP contribution is -2.20. The summed E-state index contributed by atoms with van der Waals surface area (Å²) in [6.45, 7) is 0.241. The molecule has 1 aliphatic heterocycles. The van der Waals surface area contributed by atoms with Crippen molar-refractivity contribution in [3.8, 4) is 11.8 Å². The third kappa shape index (κ3) is 3.21. The van der Waals surface area contributed by atoms with Crippen LogP contribution in [0.1, 0.15) is 16.8 Å². The van der Waals surface area contributed by atoms with E-state index in [1.54, 1.807) is 4.57 Å². The number of para-hydroxylation sites is 1. The summed E-state index contributed by atoms with van der Waals surface area (Å²) >= 11 is 0. The number of carbonyl (C=O) groups is 1. The second-order valence-electron chi connectivity index (χ2n) is 8.12. The van der Waals surface area contributed by atoms with E-state index in [0.29, 0.717) is 11.0 Å². The van der Waals surface area contributed by atoms with Crippen molar-refractivity contribution in [2.45, 2.75) is 6.54 Å². The zero-order valence-electron chi connectivity index (χ0n) is 18.1. The van der Waals surface area contributed by atoms with Gasteiger partial charge in [0.2, 0.25) is 0 Å².